The molecule has 8 nitrogen and oxygen atoms in total. The zero-order chi connectivity index (χ0) is 21.9. The Labute approximate surface area is 177 Å². The number of hydrogen-bond acceptors (Lipinski definition) is 5. The summed E-state index contributed by atoms with van der Waals surface area (Å²) in [5.41, 5.74) is -0.477. The fourth-order valence-electron chi connectivity index (χ4n) is 4.57. The van der Waals surface area contributed by atoms with Crippen LogP contribution in [0, 0.1) is 11.8 Å². The largest absolute Gasteiger partial charge is 0.494 e. The maximum absolute atomic E-state index is 13.2. The van der Waals surface area contributed by atoms with Gasteiger partial charge in [-0.3, -0.25) is 14.5 Å². The van der Waals surface area contributed by atoms with Crippen LogP contribution in [0.3, 0.4) is 0 Å². The standard InChI is InChI=1S/C22H31N3O5/c1-5-29-16-10-11-18(30-6-2)17(12-16)23-19(26)13-25-20(27)22(24-21(25)28)14(3)8-7-9-15(22)4/h10-12,14-15H,5-9,13H2,1-4H3,(H,23,26)(H,24,28)/t14-,15-/m1/s1. The van der Waals surface area contributed by atoms with Gasteiger partial charge in [0.05, 0.1) is 18.9 Å². The van der Waals surface area contributed by atoms with Gasteiger partial charge in [0.2, 0.25) is 5.91 Å². The molecular weight excluding hydrogens is 386 g/mol. The molecule has 1 aliphatic carbocycles. The highest BCUT2D eigenvalue weighted by atomic mass is 16.5. The average Bonchev–Trinajstić information content (AvgIpc) is 2.94. The Kier molecular flexibility index (Phi) is 6.53. The van der Waals surface area contributed by atoms with Crippen molar-refractivity contribution in [1.82, 2.24) is 10.2 Å². The number of carbonyl (C=O) groups excluding carboxylic acids is 3. The number of amides is 4. The van der Waals surface area contributed by atoms with Gasteiger partial charge in [-0.15, -0.1) is 0 Å². The Morgan fingerprint density at radius 2 is 1.83 bits per heavy atom. The highest BCUT2D eigenvalue weighted by Crippen LogP contribution is 2.42. The molecule has 1 aromatic carbocycles. The monoisotopic (exact) mass is 417 g/mol. The predicted molar refractivity (Wildman–Crippen MR) is 113 cm³/mol. The van der Waals surface area contributed by atoms with Crippen molar-refractivity contribution < 1.29 is 23.9 Å². The lowest BCUT2D eigenvalue weighted by atomic mass is 9.67. The van der Waals surface area contributed by atoms with E-state index in [0.29, 0.717) is 30.4 Å². The van der Waals surface area contributed by atoms with Crippen LogP contribution in [-0.4, -0.2) is 48.0 Å². The first-order valence-electron chi connectivity index (χ1n) is 10.7. The molecule has 2 atom stereocenters. The molecule has 0 radical (unpaired) electrons. The van der Waals surface area contributed by atoms with E-state index in [1.54, 1.807) is 18.2 Å². The Balaban J connectivity index is 1.76. The van der Waals surface area contributed by atoms with Crippen LogP contribution in [0.2, 0.25) is 0 Å². The van der Waals surface area contributed by atoms with Crippen molar-refractivity contribution >= 4 is 23.5 Å². The number of anilines is 1. The molecule has 1 saturated heterocycles. The third-order valence-corrected chi connectivity index (χ3v) is 6.12. The van der Waals surface area contributed by atoms with Crippen LogP contribution in [0.4, 0.5) is 10.5 Å². The molecule has 4 amide bonds. The third kappa shape index (κ3) is 3.95. The van der Waals surface area contributed by atoms with Gasteiger partial charge in [0.15, 0.2) is 0 Å². The fourth-order valence-corrected chi connectivity index (χ4v) is 4.57. The second kappa shape index (κ2) is 8.93. The number of benzene rings is 1. The summed E-state index contributed by atoms with van der Waals surface area (Å²) in [6.07, 6.45) is 2.78. The summed E-state index contributed by atoms with van der Waals surface area (Å²) in [5.74, 6) is 0.362. The number of nitrogens with zero attached hydrogens (tertiary/aromatic N) is 1. The van der Waals surface area contributed by atoms with E-state index >= 15 is 0 Å². The minimum Gasteiger partial charge on any atom is -0.494 e. The minimum absolute atomic E-state index is 0.0261. The van der Waals surface area contributed by atoms with E-state index in [1.807, 2.05) is 27.7 Å². The maximum atomic E-state index is 13.2. The van der Waals surface area contributed by atoms with Crippen molar-refractivity contribution in [2.24, 2.45) is 11.8 Å². The van der Waals surface area contributed by atoms with E-state index in [2.05, 4.69) is 10.6 Å². The lowest BCUT2D eigenvalue weighted by molar-refractivity contribution is -0.138. The average molecular weight is 418 g/mol. The van der Waals surface area contributed by atoms with Crippen LogP contribution >= 0.6 is 0 Å². The van der Waals surface area contributed by atoms with Gasteiger partial charge in [0.25, 0.3) is 5.91 Å². The molecule has 2 aliphatic rings. The van der Waals surface area contributed by atoms with Crippen LogP contribution in [0.1, 0.15) is 47.0 Å². The van der Waals surface area contributed by atoms with Gasteiger partial charge in [-0.1, -0.05) is 20.3 Å². The molecule has 3 rings (SSSR count). The second-order valence-electron chi connectivity index (χ2n) is 8.00. The summed E-state index contributed by atoms with van der Waals surface area (Å²) in [5, 5.41) is 5.67. The topological polar surface area (TPSA) is 97.0 Å². The van der Waals surface area contributed by atoms with Crippen LogP contribution in [0.5, 0.6) is 11.5 Å². The second-order valence-corrected chi connectivity index (χ2v) is 8.00. The molecule has 1 aliphatic heterocycles. The fraction of sp³-hybridized carbons (Fsp3) is 0.591. The highest BCUT2D eigenvalue weighted by Gasteiger charge is 2.58. The molecule has 1 aromatic rings. The SMILES string of the molecule is CCOc1ccc(OCC)c(NC(=O)CN2C(=O)NC3(C2=O)[C@H](C)CCC[C@H]3C)c1. The smallest absolute Gasteiger partial charge is 0.325 e. The van der Waals surface area contributed by atoms with Crippen molar-refractivity contribution in [3.63, 3.8) is 0 Å². The lowest BCUT2D eigenvalue weighted by Crippen LogP contribution is -2.59. The number of carbonyl (C=O) groups is 3. The third-order valence-electron chi connectivity index (χ3n) is 6.12. The number of urea groups is 1. The molecule has 164 valence electrons. The van der Waals surface area contributed by atoms with E-state index in [4.69, 9.17) is 9.47 Å². The van der Waals surface area contributed by atoms with Gasteiger partial charge in [0, 0.05) is 6.07 Å². The van der Waals surface area contributed by atoms with E-state index in [0.717, 1.165) is 24.2 Å². The zero-order valence-electron chi connectivity index (χ0n) is 18.1. The molecule has 2 N–H and O–H groups in total. The highest BCUT2D eigenvalue weighted by molar-refractivity contribution is 6.10. The quantitative estimate of drug-likeness (QED) is 0.664. The Hall–Kier alpha value is -2.77. The Bertz CT molecular complexity index is 815. The van der Waals surface area contributed by atoms with Crippen molar-refractivity contribution in [2.75, 3.05) is 25.1 Å². The van der Waals surface area contributed by atoms with Gasteiger partial charge in [-0.25, -0.2) is 4.79 Å². The normalized spacial score (nSPS) is 22.7. The van der Waals surface area contributed by atoms with Crippen LogP contribution < -0.4 is 20.1 Å². The molecule has 0 unspecified atom stereocenters. The molecule has 8 heteroatoms. The molecule has 1 heterocycles. The summed E-state index contributed by atoms with van der Waals surface area (Å²) in [7, 11) is 0. The number of ether oxygens (including phenoxy) is 2. The molecule has 1 spiro atoms. The Morgan fingerprint density at radius 3 is 2.47 bits per heavy atom. The zero-order valence-corrected chi connectivity index (χ0v) is 18.1. The molecule has 0 aromatic heterocycles. The van der Waals surface area contributed by atoms with E-state index in [-0.39, 0.29) is 24.3 Å². The van der Waals surface area contributed by atoms with Gasteiger partial charge in [-0.2, -0.15) is 0 Å². The number of hydrogen-bond donors (Lipinski definition) is 2. The molecule has 1 saturated carbocycles. The number of rotatable bonds is 7. The van der Waals surface area contributed by atoms with Crippen LogP contribution in [-0.2, 0) is 9.59 Å². The summed E-state index contributed by atoms with van der Waals surface area (Å²) < 4.78 is 11.1. The van der Waals surface area contributed by atoms with Gasteiger partial charge >= 0.3 is 6.03 Å². The number of nitrogens with one attached hydrogen (secondary N) is 2. The predicted octanol–water partition coefficient (Wildman–Crippen LogP) is 3.17. The van der Waals surface area contributed by atoms with E-state index in [9.17, 15) is 14.4 Å². The summed E-state index contributed by atoms with van der Waals surface area (Å²) in [4.78, 5) is 39.6. The van der Waals surface area contributed by atoms with Gasteiger partial charge in [-0.05, 0) is 50.7 Å². The lowest BCUT2D eigenvalue weighted by Gasteiger charge is -2.42. The molecule has 30 heavy (non-hydrogen) atoms. The van der Waals surface area contributed by atoms with Crippen molar-refractivity contribution in [1.29, 1.82) is 0 Å². The molecule has 2 fully saturated rings. The molecule has 0 bridgehead atoms. The maximum Gasteiger partial charge on any atom is 0.325 e. The van der Waals surface area contributed by atoms with Crippen LogP contribution in [0.25, 0.3) is 0 Å². The van der Waals surface area contributed by atoms with Crippen molar-refractivity contribution in [3.05, 3.63) is 18.2 Å². The van der Waals surface area contributed by atoms with Crippen LogP contribution in [0.15, 0.2) is 18.2 Å². The Morgan fingerprint density at radius 1 is 1.17 bits per heavy atom. The van der Waals surface area contributed by atoms with Crippen molar-refractivity contribution in [3.8, 4) is 11.5 Å². The first-order chi connectivity index (χ1) is 14.3. The first-order valence-corrected chi connectivity index (χ1v) is 10.7. The summed E-state index contributed by atoms with van der Waals surface area (Å²) in [6.45, 7) is 8.27. The van der Waals surface area contributed by atoms with Gasteiger partial charge in [0.1, 0.15) is 23.6 Å². The van der Waals surface area contributed by atoms with E-state index < -0.39 is 17.5 Å². The minimum atomic E-state index is -0.916. The van der Waals surface area contributed by atoms with Gasteiger partial charge < -0.3 is 20.1 Å². The summed E-state index contributed by atoms with van der Waals surface area (Å²) in [6, 6.07) is 4.64. The molecular formula is C22H31N3O5. The first kappa shape index (κ1) is 21.9. The summed E-state index contributed by atoms with van der Waals surface area (Å²) >= 11 is 0. The number of imide groups is 1. The van der Waals surface area contributed by atoms with Crippen molar-refractivity contribution in [2.45, 2.75) is 52.5 Å². The van der Waals surface area contributed by atoms with E-state index in [1.165, 1.54) is 0 Å².